The molecular weight excluding hydrogens is 224 g/mol. The molecule has 1 heterocycles. The first-order chi connectivity index (χ1) is 8.48. The van der Waals surface area contributed by atoms with E-state index in [0.717, 1.165) is 32.5 Å². The molecule has 104 valence electrons. The number of nitrogens with zero attached hydrogens (tertiary/aromatic N) is 3. The topological polar surface area (TPSA) is 56.3 Å². The molecule has 18 heavy (non-hydrogen) atoms. The predicted molar refractivity (Wildman–Crippen MR) is 75.2 cm³/mol. The first-order valence-electron chi connectivity index (χ1n) is 7.15. The molecule has 1 fully saturated rings. The van der Waals surface area contributed by atoms with Crippen LogP contribution in [0, 0.1) is 11.3 Å². The molecule has 2 unspecified atom stereocenters. The standard InChI is InChI=1S/C14H28N4/c1-4-13(2)18-10-8-17(9-11-18)7-5-6-14(3,16)12-15/h13H,4-11,16H2,1-3H3. The van der Waals surface area contributed by atoms with E-state index in [-0.39, 0.29) is 0 Å². The van der Waals surface area contributed by atoms with Gasteiger partial charge in [0.1, 0.15) is 5.54 Å². The summed E-state index contributed by atoms with van der Waals surface area (Å²) in [6, 6.07) is 2.87. The minimum absolute atomic E-state index is 0.654. The molecule has 0 aromatic carbocycles. The van der Waals surface area contributed by atoms with Gasteiger partial charge in [-0.15, -0.1) is 0 Å². The average Bonchev–Trinajstić information content (AvgIpc) is 2.38. The molecule has 0 aromatic rings. The van der Waals surface area contributed by atoms with Crippen molar-refractivity contribution in [3.8, 4) is 6.07 Å². The number of piperazine rings is 1. The van der Waals surface area contributed by atoms with Crippen LogP contribution in [0.5, 0.6) is 0 Å². The van der Waals surface area contributed by atoms with Gasteiger partial charge in [0, 0.05) is 32.2 Å². The molecule has 0 bridgehead atoms. The van der Waals surface area contributed by atoms with E-state index in [1.807, 2.05) is 6.92 Å². The SMILES string of the molecule is CCC(C)N1CCN(CCCC(C)(N)C#N)CC1. The van der Waals surface area contributed by atoms with Gasteiger partial charge >= 0.3 is 0 Å². The Morgan fingerprint density at radius 2 is 1.94 bits per heavy atom. The van der Waals surface area contributed by atoms with Crippen molar-refractivity contribution in [2.24, 2.45) is 5.73 Å². The van der Waals surface area contributed by atoms with Crippen molar-refractivity contribution in [2.75, 3.05) is 32.7 Å². The lowest BCUT2D eigenvalue weighted by atomic mass is 9.99. The van der Waals surface area contributed by atoms with Gasteiger partial charge in [0.05, 0.1) is 6.07 Å². The Morgan fingerprint density at radius 3 is 2.44 bits per heavy atom. The van der Waals surface area contributed by atoms with Crippen LogP contribution in [0.3, 0.4) is 0 Å². The van der Waals surface area contributed by atoms with Gasteiger partial charge in [-0.25, -0.2) is 0 Å². The Morgan fingerprint density at radius 1 is 1.33 bits per heavy atom. The summed E-state index contributed by atoms with van der Waals surface area (Å²) in [6.07, 6.45) is 3.03. The number of rotatable bonds is 6. The Labute approximate surface area is 112 Å². The number of hydrogen-bond acceptors (Lipinski definition) is 4. The van der Waals surface area contributed by atoms with Gasteiger partial charge in [0.15, 0.2) is 0 Å². The fraction of sp³-hybridized carbons (Fsp3) is 0.929. The minimum atomic E-state index is -0.654. The van der Waals surface area contributed by atoms with E-state index in [0.29, 0.717) is 6.04 Å². The van der Waals surface area contributed by atoms with Crippen molar-refractivity contribution in [2.45, 2.75) is 51.6 Å². The molecule has 4 heteroatoms. The highest BCUT2D eigenvalue weighted by atomic mass is 15.3. The summed E-state index contributed by atoms with van der Waals surface area (Å²) in [6.45, 7) is 12.1. The minimum Gasteiger partial charge on any atom is -0.314 e. The van der Waals surface area contributed by atoms with E-state index in [1.54, 1.807) is 0 Å². The second-order valence-corrected chi connectivity index (χ2v) is 5.77. The largest absolute Gasteiger partial charge is 0.314 e. The van der Waals surface area contributed by atoms with E-state index in [9.17, 15) is 0 Å². The van der Waals surface area contributed by atoms with E-state index in [1.165, 1.54) is 19.5 Å². The summed E-state index contributed by atoms with van der Waals surface area (Å²) in [5.74, 6) is 0. The van der Waals surface area contributed by atoms with E-state index >= 15 is 0 Å². The predicted octanol–water partition coefficient (Wildman–Crippen LogP) is 1.42. The zero-order chi connectivity index (χ0) is 13.6. The first kappa shape index (κ1) is 15.4. The molecule has 2 N–H and O–H groups in total. The van der Waals surface area contributed by atoms with Crippen LogP contribution in [-0.2, 0) is 0 Å². The Kier molecular flexibility index (Phi) is 6.07. The number of hydrogen-bond donors (Lipinski definition) is 1. The highest BCUT2D eigenvalue weighted by Crippen LogP contribution is 2.11. The lowest BCUT2D eigenvalue weighted by molar-refractivity contribution is 0.0989. The normalized spacial score (nSPS) is 23.3. The molecule has 0 amide bonds. The van der Waals surface area contributed by atoms with Crippen LogP contribution >= 0.6 is 0 Å². The Bertz CT molecular complexity index is 274. The molecule has 4 nitrogen and oxygen atoms in total. The zero-order valence-corrected chi connectivity index (χ0v) is 12.2. The van der Waals surface area contributed by atoms with Gasteiger partial charge in [-0.1, -0.05) is 6.92 Å². The zero-order valence-electron chi connectivity index (χ0n) is 12.2. The first-order valence-corrected chi connectivity index (χ1v) is 7.15. The van der Waals surface area contributed by atoms with Gasteiger partial charge in [-0.05, 0) is 39.7 Å². The van der Waals surface area contributed by atoms with Crippen LogP contribution in [0.1, 0.15) is 40.0 Å². The third kappa shape index (κ3) is 4.93. The van der Waals surface area contributed by atoms with E-state index < -0.39 is 5.54 Å². The molecule has 1 saturated heterocycles. The van der Waals surface area contributed by atoms with Gasteiger partial charge in [0.25, 0.3) is 0 Å². The van der Waals surface area contributed by atoms with Crippen LogP contribution in [0.4, 0.5) is 0 Å². The molecule has 0 aliphatic carbocycles. The highest BCUT2D eigenvalue weighted by Gasteiger charge is 2.21. The van der Waals surface area contributed by atoms with Gasteiger partial charge in [-0.3, -0.25) is 4.90 Å². The number of nitrogens with two attached hydrogens (primary N) is 1. The summed E-state index contributed by atoms with van der Waals surface area (Å²) in [4.78, 5) is 5.06. The van der Waals surface area contributed by atoms with Crippen LogP contribution in [0.25, 0.3) is 0 Å². The summed E-state index contributed by atoms with van der Waals surface area (Å²) in [7, 11) is 0. The smallest absolute Gasteiger partial charge is 0.101 e. The summed E-state index contributed by atoms with van der Waals surface area (Å²) < 4.78 is 0. The molecule has 2 atom stereocenters. The molecule has 0 radical (unpaired) electrons. The van der Waals surface area contributed by atoms with Crippen molar-refractivity contribution in [1.29, 1.82) is 5.26 Å². The molecule has 1 aliphatic heterocycles. The van der Waals surface area contributed by atoms with Crippen molar-refractivity contribution in [3.05, 3.63) is 0 Å². The van der Waals surface area contributed by atoms with E-state index in [2.05, 4.69) is 29.7 Å². The lowest BCUT2D eigenvalue weighted by Gasteiger charge is -2.38. The average molecular weight is 252 g/mol. The van der Waals surface area contributed by atoms with Crippen LogP contribution in [0.15, 0.2) is 0 Å². The molecule has 1 aliphatic rings. The van der Waals surface area contributed by atoms with Crippen molar-refractivity contribution in [1.82, 2.24) is 9.80 Å². The highest BCUT2D eigenvalue weighted by molar-refractivity contribution is 5.00. The lowest BCUT2D eigenvalue weighted by Crippen LogP contribution is -2.49. The van der Waals surface area contributed by atoms with Gasteiger partial charge in [0.2, 0.25) is 0 Å². The molecular formula is C14H28N4. The van der Waals surface area contributed by atoms with E-state index in [4.69, 9.17) is 11.0 Å². The fourth-order valence-electron chi connectivity index (χ4n) is 2.41. The van der Waals surface area contributed by atoms with Gasteiger partial charge in [-0.2, -0.15) is 5.26 Å². The molecule has 0 spiro atoms. The van der Waals surface area contributed by atoms with Crippen molar-refractivity contribution < 1.29 is 0 Å². The van der Waals surface area contributed by atoms with Crippen molar-refractivity contribution in [3.63, 3.8) is 0 Å². The third-order valence-electron chi connectivity index (χ3n) is 4.05. The summed E-state index contributed by atoms with van der Waals surface area (Å²) >= 11 is 0. The van der Waals surface area contributed by atoms with Gasteiger partial charge < -0.3 is 10.6 Å². The third-order valence-corrected chi connectivity index (χ3v) is 4.05. The van der Waals surface area contributed by atoms with Crippen LogP contribution in [-0.4, -0.2) is 54.1 Å². The monoisotopic (exact) mass is 252 g/mol. The maximum atomic E-state index is 8.86. The number of nitriles is 1. The fourth-order valence-corrected chi connectivity index (χ4v) is 2.41. The Hall–Kier alpha value is -0.630. The Balaban J connectivity index is 2.19. The molecule has 1 rings (SSSR count). The van der Waals surface area contributed by atoms with Crippen LogP contribution in [0.2, 0.25) is 0 Å². The van der Waals surface area contributed by atoms with Crippen molar-refractivity contribution >= 4 is 0 Å². The quantitative estimate of drug-likeness (QED) is 0.777. The maximum absolute atomic E-state index is 8.86. The van der Waals surface area contributed by atoms with Crippen LogP contribution < -0.4 is 5.73 Å². The summed E-state index contributed by atoms with van der Waals surface area (Å²) in [5, 5.41) is 8.86. The molecule has 0 saturated carbocycles. The second kappa shape index (κ2) is 7.08. The summed E-state index contributed by atoms with van der Waals surface area (Å²) in [5.41, 5.74) is 5.17. The molecule has 0 aromatic heterocycles. The maximum Gasteiger partial charge on any atom is 0.101 e. The second-order valence-electron chi connectivity index (χ2n) is 5.77.